The molecule has 0 aliphatic heterocycles. The molecular formula is C28H36N2O4. The van der Waals surface area contributed by atoms with E-state index in [2.05, 4.69) is 40.8 Å². The minimum Gasteiger partial charge on any atom is -0.449 e. The fraction of sp³-hybridized carbons (Fsp3) is 0.464. The molecule has 3 rings (SSSR count). The highest BCUT2D eigenvalue weighted by Gasteiger charge is 2.31. The molecule has 2 N–H and O–H groups in total. The van der Waals surface area contributed by atoms with Crippen molar-refractivity contribution in [3.05, 3.63) is 59.7 Å². The molecule has 0 unspecified atom stereocenters. The number of benzene rings is 2. The van der Waals surface area contributed by atoms with Crippen LogP contribution >= 0.6 is 0 Å². The lowest BCUT2D eigenvalue weighted by molar-refractivity contribution is 0.106. The summed E-state index contributed by atoms with van der Waals surface area (Å²) < 4.78 is 16.4. The highest BCUT2D eigenvalue weighted by Crippen LogP contribution is 2.44. The van der Waals surface area contributed by atoms with Gasteiger partial charge in [-0.25, -0.2) is 4.79 Å². The van der Waals surface area contributed by atoms with Gasteiger partial charge in [0.15, 0.2) is 0 Å². The van der Waals surface area contributed by atoms with E-state index in [4.69, 9.17) is 20.6 Å². The second-order valence-electron chi connectivity index (χ2n) is 8.68. The number of hydrogen-bond donors (Lipinski definition) is 2. The molecule has 34 heavy (non-hydrogen) atoms. The van der Waals surface area contributed by atoms with E-state index in [-0.39, 0.29) is 11.5 Å². The topological polar surface area (TPSA) is 68.8 Å². The summed E-state index contributed by atoms with van der Waals surface area (Å²) in [7, 11) is 3.36. The van der Waals surface area contributed by atoms with Crippen molar-refractivity contribution < 1.29 is 19.0 Å². The van der Waals surface area contributed by atoms with Gasteiger partial charge < -0.3 is 24.8 Å². The molecule has 1 aliphatic carbocycles. The van der Waals surface area contributed by atoms with Crippen LogP contribution in [-0.4, -0.2) is 58.8 Å². The SMILES string of the molecule is C#CCCCNC(CCOC)(CCOC)CNC(=O)OCC1c2ccccc2-c2ccccc21. The monoisotopic (exact) mass is 464 g/mol. The summed E-state index contributed by atoms with van der Waals surface area (Å²) in [6.45, 7) is 2.59. The smallest absolute Gasteiger partial charge is 0.407 e. The van der Waals surface area contributed by atoms with E-state index in [9.17, 15) is 4.79 Å². The second-order valence-corrected chi connectivity index (χ2v) is 8.68. The van der Waals surface area contributed by atoms with E-state index < -0.39 is 6.09 Å². The fourth-order valence-corrected chi connectivity index (χ4v) is 4.57. The second kappa shape index (κ2) is 13.1. The minimum atomic E-state index is -0.425. The van der Waals surface area contributed by atoms with Crippen LogP contribution in [-0.2, 0) is 14.2 Å². The highest BCUT2D eigenvalue weighted by atomic mass is 16.5. The first-order valence-electron chi connectivity index (χ1n) is 11.9. The fourth-order valence-electron chi connectivity index (χ4n) is 4.57. The molecule has 0 heterocycles. The van der Waals surface area contributed by atoms with Crippen LogP contribution in [0.25, 0.3) is 11.1 Å². The van der Waals surface area contributed by atoms with E-state index in [0.717, 1.165) is 25.8 Å². The Hall–Kier alpha value is -2.85. The molecule has 182 valence electrons. The first kappa shape index (κ1) is 25.8. The van der Waals surface area contributed by atoms with Gasteiger partial charge in [-0.3, -0.25) is 0 Å². The van der Waals surface area contributed by atoms with Crippen molar-refractivity contribution in [1.82, 2.24) is 10.6 Å². The molecule has 0 atom stereocenters. The predicted octanol–water partition coefficient (Wildman–Crippen LogP) is 4.34. The van der Waals surface area contributed by atoms with Crippen LogP contribution in [0.4, 0.5) is 4.79 Å². The summed E-state index contributed by atoms with van der Waals surface area (Å²) >= 11 is 0. The van der Waals surface area contributed by atoms with Crippen LogP contribution in [0.3, 0.4) is 0 Å². The molecule has 0 saturated heterocycles. The van der Waals surface area contributed by atoms with Gasteiger partial charge in [-0.1, -0.05) is 48.5 Å². The number of carbonyl (C=O) groups excluding carboxylic acids is 1. The van der Waals surface area contributed by atoms with Gasteiger partial charge in [0.05, 0.1) is 0 Å². The van der Waals surface area contributed by atoms with Crippen molar-refractivity contribution in [2.45, 2.75) is 37.1 Å². The van der Waals surface area contributed by atoms with Gasteiger partial charge in [0.2, 0.25) is 0 Å². The average molecular weight is 465 g/mol. The molecule has 6 nitrogen and oxygen atoms in total. The Balaban J connectivity index is 1.62. The lowest BCUT2D eigenvalue weighted by atomic mass is 9.91. The van der Waals surface area contributed by atoms with E-state index in [1.165, 1.54) is 22.3 Å². The van der Waals surface area contributed by atoms with Crippen LogP contribution < -0.4 is 10.6 Å². The molecule has 1 amide bonds. The number of terminal acetylenes is 1. The molecule has 2 aromatic rings. The third-order valence-corrected chi connectivity index (χ3v) is 6.48. The number of rotatable bonds is 14. The van der Waals surface area contributed by atoms with Crippen molar-refractivity contribution in [1.29, 1.82) is 0 Å². The Morgan fingerprint density at radius 3 is 2.15 bits per heavy atom. The number of fused-ring (bicyclic) bond motifs is 3. The van der Waals surface area contributed by atoms with Crippen molar-refractivity contribution in [3.63, 3.8) is 0 Å². The van der Waals surface area contributed by atoms with Crippen molar-refractivity contribution in [3.8, 4) is 23.5 Å². The van der Waals surface area contributed by atoms with E-state index in [0.29, 0.717) is 32.8 Å². The Kier molecular flexibility index (Phi) is 9.96. The van der Waals surface area contributed by atoms with Crippen LogP contribution in [0.1, 0.15) is 42.7 Å². The number of carbonyl (C=O) groups is 1. The zero-order valence-electron chi connectivity index (χ0n) is 20.3. The number of amides is 1. The molecule has 2 aromatic carbocycles. The summed E-state index contributed by atoms with van der Waals surface area (Å²) in [6, 6.07) is 16.6. The Morgan fingerprint density at radius 1 is 1.00 bits per heavy atom. The Bertz CT molecular complexity index is 915. The number of alkyl carbamates (subject to hydrolysis) is 1. The standard InChI is InChI=1S/C28H36N2O4/c1-4-5-10-17-30-28(15-18-32-2,16-19-33-3)21-29-27(31)34-20-26-24-13-8-6-11-22(24)23-12-7-9-14-25(23)26/h1,6-9,11-14,26,30H,5,10,15-21H2,2-3H3,(H,29,31). The number of hydrogen-bond acceptors (Lipinski definition) is 5. The van der Waals surface area contributed by atoms with E-state index in [1.807, 2.05) is 24.3 Å². The molecule has 0 fully saturated rings. The first-order valence-corrected chi connectivity index (χ1v) is 11.9. The van der Waals surface area contributed by atoms with Crippen LogP contribution in [0.2, 0.25) is 0 Å². The summed E-state index contributed by atoms with van der Waals surface area (Å²) in [5.74, 6) is 2.70. The highest BCUT2D eigenvalue weighted by molar-refractivity contribution is 5.79. The van der Waals surface area contributed by atoms with Crippen LogP contribution in [0, 0.1) is 12.3 Å². The quantitative estimate of drug-likeness (QED) is 0.322. The largest absolute Gasteiger partial charge is 0.449 e. The van der Waals surface area contributed by atoms with Gasteiger partial charge in [-0.05, 0) is 48.1 Å². The number of methoxy groups -OCH3 is 2. The third-order valence-electron chi connectivity index (χ3n) is 6.48. The maximum Gasteiger partial charge on any atom is 0.407 e. The molecule has 0 bridgehead atoms. The van der Waals surface area contributed by atoms with Crippen LogP contribution in [0.5, 0.6) is 0 Å². The Morgan fingerprint density at radius 2 is 1.59 bits per heavy atom. The normalized spacial score (nSPS) is 12.6. The van der Waals surface area contributed by atoms with Gasteiger partial charge in [0.25, 0.3) is 0 Å². The molecule has 0 spiro atoms. The number of nitrogens with one attached hydrogen (secondary N) is 2. The molecule has 0 aromatic heterocycles. The summed E-state index contributed by atoms with van der Waals surface area (Å²) in [5, 5.41) is 6.57. The summed E-state index contributed by atoms with van der Waals surface area (Å²) in [6.07, 6.45) is 7.99. The third kappa shape index (κ3) is 6.60. The zero-order valence-corrected chi connectivity index (χ0v) is 20.3. The summed E-state index contributed by atoms with van der Waals surface area (Å²) in [5.41, 5.74) is 4.44. The first-order chi connectivity index (χ1) is 16.6. The minimum absolute atomic E-state index is 0.0341. The maximum absolute atomic E-state index is 12.7. The van der Waals surface area contributed by atoms with Gasteiger partial charge in [-0.15, -0.1) is 12.3 Å². The molecule has 0 saturated carbocycles. The van der Waals surface area contributed by atoms with Gasteiger partial charge >= 0.3 is 6.09 Å². The lowest BCUT2D eigenvalue weighted by Crippen LogP contribution is -2.55. The van der Waals surface area contributed by atoms with Crippen LogP contribution in [0.15, 0.2) is 48.5 Å². The number of unbranched alkanes of at least 4 members (excludes halogenated alkanes) is 1. The molecule has 1 aliphatic rings. The van der Waals surface area contributed by atoms with Gasteiger partial charge in [0, 0.05) is 51.9 Å². The Labute approximate surface area is 203 Å². The predicted molar refractivity (Wildman–Crippen MR) is 135 cm³/mol. The maximum atomic E-state index is 12.7. The number of ether oxygens (including phenoxy) is 3. The van der Waals surface area contributed by atoms with Crippen molar-refractivity contribution in [2.24, 2.45) is 0 Å². The zero-order chi connectivity index (χ0) is 24.2. The van der Waals surface area contributed by atoms with E-state index in [1.54, 1.807) is 14.2 Å². The average Bonchev–Trinajstić information content (AvgIpc) is 3.19. The van der Waals surface area contributed by atoms with E-state index >= 15 is 0 Å². The van der Waals surface area contributed by atoms with Crippen molar-refractivity contribution >= 4 is 6.09 Å². The molecular weight excluding hydrogens is 428 g/mol. The van der Waals surface area contributed by atoms with Gasteiger partial charge in [0.1, 0.15) is 6.61 Å². The molecule has 6 heteroatoms. The molecule has 0 radical (unpaired) electrons. The lowest BCUT2D eigenvalue weighted by Gasteiger charge is -2.35. The summed E-state index contributed by atoms with van der Waals surface area (Å²) in [4.78, 5) is 12.7. The van der Waals surface area contributed by atoms with Gasteiger partial charge in [-0.2, -0.15) is 0 Å². The van der Waals surface area contributed by atoms with Crippen molar-refractivity contribution in [2.75, 3.05) is 47.1 Å².